The summed E-state index contributed by atoms with van der Waals surface area (Å²) in [6.45, 7) is 4.86. The van der Waals surface area contributed by atoms with Crippen LogP contribution in [-0.2, 0) is 5.60 Å². The summed E-state index contributed by atoms with van der Waals surface area (Å²) in [6.07, 6.45) is 6.67. The summed E-state index contributed by atoms with van der Waals surface area (Å²) in [5.74, 6) is -0.119. The van der Waals surface area contributed by atoms with Crippen LogP contribution in [0.2, 0.25) is 0 Å². The zero-order chi connectivity index (χ0) is 23.0. The molecule has 2 N–H and O–H groups in total. The molecule has 3 aromatic rings. The molecule has 0 atom stereocenters. The van der Waals surface area contributed by atoms with Gasteiger partial charge in [0.15, 0.2) is 0 Å². The number of alkyl halides is 1. The van der Waals surface area contributed by atoms with Crippen LogP contribution in [0, 0.1) is 18.7 Å². The molecule has 0 unspecified atom stereocenters. The Labute approximate surface area is 200 Å². The van der Waals surface area contributed by atoms with Crippen LogP contribution >= 0.6 is 22.6 Å². The Balaban J connectivity index is 1.66. The van der Waals surface area contributed by atoms with Gasteiger partial charge in [0.05, 0.1) is 22.9 Å². The van der Waals surface area contributed by atoms with Gasteiger partial charge in [-0.1, -0.05) is 22.6 Å². The maximum absolute atomic E-state index is 13.5. The second kappa shape index (κ2) is 9.05. The number of carbonyl (C=O) groups is 1. The number of aliphatic hydroxyl groups is 1. The molecule has 1 amide bonds. The largest absolute Gasteiger partial charge is 0.386 e. The lowest BCUT2D eigenvalue weighted by molar-refractivity contribution is 0.0793. The number of hydrogen-bond donors (Lipinski definition) is 2. The highest BCUT2D eigenvalue weighted by molar-refractivity contribution is 14.1. The summed E-state index contributed by atoms with van der Waals surface area (Å²) in [4.78, 5) is 16.8. The van der Waals surface area contributed by atoms with E-state index in [1.165, 1.54) is 36.3 Å². The van der Waals surface area contributed by atoms with Crippen LogP contribution in [0.3, 0.4) is 0 Å². The molecule has 2 aromatic heterocycles. The molecule has 6 nitrogen and oxygen atoms in total. The van der Waals surface area contributed by atoms with E-state index in [9.17, 15) is 14.3 Å². The van der Waals surface area contributed by atoms with Gasteiger partial charge < -0.3 is 10.4 Å². The number of aryl methyl sites for hydroxylation is 1. The van der Waals surface area contributed by atoms with Crippen molar-refractivity contribution in [2.45, 2.75) is 58.1 Å². The average molecular weight is 550 g/mol. The number of amides is 1. The van der Waals surface area contributed by atoms with Crippen LogP contribution in [0.1, 0.15) is 67.3 Å². The van der Waals surface area contributed by atoms with Crippen molar-refractivity contribution in [1.29, 1.82) is 0 Å². The molecule has 1 aliphatic carbocycles. The molecule has 0 spiro atoms. The summed E-state index contributed by atoms with van der Waals surface area (Å²) >= 11 is 2.47. The monoisotopic (exact) mass is 550 g/mol. The topological polar surface area (TPSA) is 80.0 Å². The van der Waals surface area contributed by atoms with Crippen LogP contribution in [0.4, 0.5) is 10.1 Å². The molecule has 4 rings (SSSR count). The number of anilines is 1. The van der Waals surface area contributed by atoms with Gasteiger partial charge in [-0.3, -0.25) is 9.48 Å². The molecule has 8 heteroatoms. The van der Waals surface area contributed by atoms with Crippen molar-refractivity contribution in [3.8, 4) is 0 Å². The Kier molecular flexibility index (Phi) is 6.53. The van der Waals surface area contributed by atoms with E-state index in [-0.39, 0.29) is 11.4 Å². The van der Waals surface area contributed by atoms with Crippen molar-refractivity contribution in [2.24, 2.45) is 5.92 Å². The first-order valence-electron chi connectivity index (χ1n) is 10.9. The van der Waals surface area contributed by atoms with Gasteiger partial charge in [0, 0.05) is 27.3 Å². The number of nitrogens with one attached hydrogen (secondary N) is 1. The van der Waals surface area contributed by atoms with Gasteiger partial charge in [-0.05, 0) is 76.6 Å². The molecular formula is C24H28FIN4O2. The lowest BCUT2D eigenvalue weighted by Crippen LogP contribution is -2.21. The fourth-order valence-corrected chi connectivity index (χ4v) is 5.19. The molecule has 170 valence electrons. The van der Waals surface area contributed by atoms with Crippen LogP contribution in [0.25, 0.3) is 10.9 Å². The van der Waals surface area contributed by atoms with E-state index in [1.807, 2.05) is 23.0 Å². The Morgan fingerprint density at radius 2 is 2.00 bits per heavy atom. The molecule has 32 heavy (non-hydrogen) atoms. The summed E-state index contributed by atoms with van der Waals surface area (Å²) in [7, 11) is 0. The summed E-state index contributed by atoms with van der Waals surface area (Å²) < 4.78 is 16.8. The van der Waals surface area contributed by atoms with Crippen LogP contribution in [-0.4, -0.2) is 30.2 Å². The van der Waals surface area contributed by atoms with Gasteiger partial charge in [-0.2, -0.15) is 5.10 Å². The van der Waals surface area contributed by atoms with E-state index >= 15 is 0 Å². The predicted octanol–water partition coefficient (Wildman–Crippen LogP) is 5.52. The lowest BCUT2D eigenvalue weighted by Gasteiger charge is -2.27. The van der Waals surface area contributed by atoms with Crippen molar-refractivity contribution >= 4 is 45.1 Å². The van der Waals surface area contributed by atoms with Crippen LogP contribution in [0.5, 0.6) is 0 Å². The molecule has 1 saturated carbocycles. The molecule has 2 heterocycles. The fourth-order valence-electron chi connectivity index (χ4n) is 4.31. The Morgan fingerprint density at radius 3 is 2.62 bits per heavy atom. The normalized spacial score (nSPS) is 19.3. The number of carbonyl (C=O) groups excluding carboxylic acids is 1. The van der Waals surface area contributed by atoms with E-state index in [1.54, 1.807) is 13.8 Å². The number of benzene rings is 1. The first-order chi connectivity index (χ1) is 15.2. The SMILES string of the molecule is Cc1nc(C(=O)Nc2cc3cn(C4CCC(CI)CC4)nc3cc2C(C)(C)O)ccc1F. The molecule has 1 aromatic carbocycles. The van der Waals surface area contributed by atoms with Gasteiger partial charge in [0.2, 0.25) is 0 Å². The average Bonchev–Trinajstić information content (AvgIpc) is 3.17. The maximum atomic E-state index is 13.5. The molecule has 0 aliphatic heterocycles. The highest BCUT2D eigenvalue weighted by Gasteiger charge is 2.26. The Hall–Kier alpha value is -2.07. The third-order valence-electron chi connectivity index (χ3n) is 6.23. The van der Waals surface area contributed by atoms with E-state index < -0.39 is 17.3 Å². The van der Waals surface area contributed by atoms with E-state index in [4.69, 9.17) is 5.10 Å². The smallest absolute Gasteiger partial charge is 0.274 e. The Morgan fingerprint density at radius 1 is 1.28 bits per heavy atom. The molecule has 0 bridgehead atoms. The first kappa shape index (κ1) is 23.1. The van der Waals surface area contributed by atoms with Gasteiger partial charge in [-0.25, -0.2) is 9.37 Å². The minimum absolute atomic E-state index is 0.119. The minimum Gasteiger partial charge on any atom is -0.386 e. The van der Waals surface area contributed by atoms with Crippen LogP contribution < -0.4 is 5.32 Å². The van der Waals surface area contributed by atoms with Crippen molar-refractivity contribution < 1.29 is 14.3 Å². The zero-order valence-electron chi connectivity index (χ0n) is 18.5. The standard InChI is InChI=1S/C24H28FIN4O2/c1-14-19(25)8-9-20(27-14)23(31)28-22-10-16-13-30(17-6-4-15(12-26)5-7-17)29-21(16)11-18(22)24(2,3)32/h8-11,13,15,17,32H,4-7,12H2,1-3H3,(H,28,31). The van der Waals surface area contributed by atoms with Crippen molar-refractivity contribution in [2.75, 3.05) is 9.74 Å². The van der Waals surface area contributed by atoms with Crippen molar-refractivity contribution in [3.05, 3.63) is 53.2 Å². The number of halogens is 2. The van der Waals surface area contributed by atoms with Gasteiger partial charge in [0.25, 0.3) is 5.91 Å². The Bertz CT molecular complexity index is 1150. The van der Waals surface area contributed by atoms with Gasteiger partial charge in [0.1, 0.15) is 11.5 Å². The number of hydrogen-bond acceptors (Lipinski definition) is 4. The van der Waals surface area contributed by atoms with Crippen molar-refractivity contribution in [3.63, 3.8) is 0 Å². The zero-order valence-corrected chi connectivity index (χ0v) is 20.7. The first-order valence-corrected chi connectivity index (χ1v) is 12.4. The molecular weight excluding hydrogens is 522 g/mol. The molecule has 0 saturated heterocycles. The highest BCUT2D eigenvalue weighted by atomic mass is 127. The van der Waals surface area contributed by atoms with E-state index in [0.717, 1.165) is 29.7 Å². The number of fused-ring (bicyclic) bond motifs is 1. The van der Waals surface area contributed by atoms with Gasteiger partial charge >= 0.3 is 0 Å². The summed E-state index contributed by atoms with van der Waals surface area (Å²) in [6, 6.07) is 6.63. The molecule has 0 radical (unpaired) electrons. The van der Waals surface area contributed by atoms with E-state index in [2.05, 4.69) is 32.9 Å². The number of nitrogens with zero attached hydrogens (tertiary/aromatic N) is 3. The third-order valence-corrected chi connectivity index (χ3v) is 7.48. The highest BCUT2D eigenvalue weighted by Crippen LogP contribution is 2.36. The number of pyridine rings is 1. The molecule has 1 aliphatic rings. The number of rotatable bonds is 5. The third kappa shape index (κ3) is 4.80. The molecule has 1 fully saturated rings. The summed E-state index contributed by atoms with van der Waals surface area (Å²) in [5.41, 5.74) is 0.933. The maximum Gasteiger partial charge on any atom is 0.274 e. The fraction of sp³-hybridized carbons (Fsp3) is 0.458. The van der Waals surface area contributed by atoms with E-state index in [0.29, 0.717) is 17.3 Å². The quantitative estimate of drug-likeness (QED) is 0.324. The predicted molar refractivity (Wildman–Crippen MR) is 132 cm³/mol. The second-order valence-electron chi connectivity index (χ2n) is 9.17. The minimum atomic E-state index is -1.19. The van der Waals surface area contributed by atoms with Crippen LogP contribution in [0.15, 0.2) is 30.5 Å². The van der Waals surface area contributed by atoms with Gasteiger partial charge in [-0.15, -0.1) is 0 Å². The lowest BCUT2D eigenvalue weighted by atomic mass is 9.87. The summed E-state index contributed by atoms with van der Waals surface area (Å²) in [5, 5.41) is 19.3. The van der Waals surface area contributed by atoms with Crippen molar-refractivity contribution in [1.82, 2.24) is 14.8 Å². The second-order valence-corrected chi connectivity index (χ2v) is 10.1. The number of aromatic nitrogens is 3.